The van der Waals surface area contributed by atoms with Gasteiger partial charge in [0.2, 0.25) is 0 Å². The fraction of sp³-hybridized carbons (Fsp3) is 0.200. The highest BCUT2D eigenvalue weighted by molar-refractivity contribution is 7.16. The molecule has 6 heteroatoms. The van der Waals surface area contributed by atoms with Crippen molar-refractivity contribution in [1.82, 2.24) is 0 Å². The standard InChI is InChI=1S/C15H14N4OS/c16-7-12-11-2-1-3-13(11)21-15(12)19-14(20)8-4-9(17)6-10(18)5-8/h4-6H,1-3,17-18H2,(H,19,20). The number of benzene rings is 1. The van der Waals surface area contributed by atoms with E-state index >= 15 is 0 Å². The summed E-state index contributed by atoms with van der Waals surface area (Å²) in [5.41, 5.74) is 14.3. The smallest absolute Gasteiger partial charge is 0.256 e. The fourth-order valence-electron chi connectivity index (χ4n) is 2.59. The van der Waals surface area contributed by atoms with E-state index in [4.69, 9.17) is 11.5 Å². The Morgan fingerprint density at radius 1 is 1.24 bits per heavy atom. The molecule has 0 aliphatic heterocycles. The second kappa shape index (κ2) is 5.11. The molecule has 0 atom stereocenters. The van der Waals surface area contributed by atoms with Gasteiger partial charge in [0.15, 0.2) is 0 Å². The number of anilines is 3. The van der Waals surface area contributed by atoms with E-state index in [-0.39, 0.29) is 5.91 Å². The van der Waals surface area contributed by atoms with Crippen LogP contribution in [0.1, 0.15) is 32.8 Å². The van der Waals surface area contributed by atoms with Gasteiger partial charge in [-0.2, -0.15) is 5.26 Å². The maximum atomic E-state index is 12.3. The SMILES string of the molecule is N#Cc1c(NC(=O)c2cc(N)cc(N)c2)sc2c1CCC2. The van der Waals surface area contributed by atoms with Crippen molar-refractivity contribution < 1.29 is 4.79 Å². The molecule has 1 aliphatic rings. The van der Waals surface area contributed by atoms with Gasteiger partial charge in [0.1, 0.15) is 11.1 Å². The molecule has 1 aliphatic carbocycles. The van der Waals surface area contributed by atoms with Crippen molar-refractivity contribution >= 4 is 33.6 Å². The average molecular weight is 298 g/mol. The van der Waals surface area contributed by atoms with Gasteiger partial charge >= 0.3 is 0 Å². The first-order valence-corrected chi connectivity index (χ1v) is 7.42. The zero-order chi connectivity index (χ0) is 15.0. The number of fused-ring (bicyclic) bond motifs is 1. The van der Waals surface area contributed by atoms with Gasteiger partial charge in [-0.25, -0.2) is 0 Å². The molecule has 1 amide bonds. The summed E-state index contributed by atoms with van der Waals surface area (Å²) in [5, 5.41) is 12.7. The lowest BCUT2D eigenvalue weighted by molar-refractivity contribution is 0.102. The number of hydrogen-bond acceptors (Lipinski definition) is 5. The van der Waals surface area contributed by atoms with Crippen molar-refractivity contribution in [2.45, 2.75) is 19.3 Å². The lowest BCUT2D eigenvalue weighted by atomic mass is 10.1. The van der Waals surface area contributed by atoms with Crippen molar-refractivity contribution in [2.75, 3.05) is 16.8 Å². The number of nitrogens with two attached hydrogens (primary N) is 2. The monoisotopic (exact) mass is 298 g/mol. The molecule has 1 aromatic carbocycles. The van der Waals surface area contributed by atoms with Crippen molar-refractivity contribution in [2.24, 2.45) is 0 Å². The molecule has 0 spiro atoms. The van der Waals surface area contributed by atoms with Gasteiger partial charge in [-0.1, -0.05) is 0 Å². The molecule has 106 valence electrons. The van der Waals surface area contributed by atoms with Crippen LogP contribution in [0, 0.1) is 11.3 Å². The van der Waals surface area contributed by atoms with Crippen LogP contribution in [-0.2, 0) is 12.8 Å². The lowest BCUT2D eigenvalue weighted by Crippen LogP contribution is -2.12. The van der Waals surface area contributed by atoms with Crippen molar-refractivity contribution in [3.05, 3.63) is 39.8 Å². The molecule has 0 fully saturated rings. The van der Waals surface area contributed by atoms with Crippen molar-refractivity contribution in [3.63, 3.8) is 0 Å². The number of carbonyl (C=O) groups is 1. The molecular weight excluding hydrogens is 284 g/mol. The van der Waals surface area contributed by atoms with Crippen LogP contribution in [0.2, 0.25) is 0 Å². The summed E-state index contributed by atoms with van der Waals surface area (Å²) in [6.45, 7) is 0. The number of carbonyl (C=O) groups excluding carboxylic acids is 1. The van der Waals surface area contributed by atoms with E-state index in [0.717, 1.165) is 24.8 Å². The molecule has 0 saturated heterocycles. The third-order valence-corrected chi connectivity index (χ3v) is 4.71. The quantitative estimate of drug-likeness (QED) is 0.741. The maximum Gasteiger partial charge on any atom is 0.256 e. The molecule has 5 nitrogen and oxygen atoms in total. The summed E-state index contributed by atoms with van der Waals surface area (Å²) in [6.07, 6.45) is 2.97. The predicted molar refractivity (Wildman–Crippen MR) is 84.3 cm³/mol. The molecule has 0 radical (unpaired) electrons. The number of amides is 1. The number of hydrogen-bond donors (Lipinski definition) is 3. The Labute approximate surface area is 126 Å². The van der Waals surface area contributed by atoms with Crippen LogP contribution in [0.15, 0.2) is 18.2 Å². The number of nitrogen functional groups attached to an aromatic ring is 2. The van der Waals surface area contributed by atoms with Crippen LogP contribution in [-0.4, -0.2) is 5.91 Å². The van der Waals surface area contributed by atoms with Crippen LogP contribution in [0.5, 0.6) is 0 Å². The topological polar surface area (TPSA) is 105 Å². The number of rotatable bonds is 2. The molecular formula is C15H14N4OS. The highest BCUT2D eigenvalue weighted by Gasteiger charge is 2.23. The zero-order valence-corrected chi connectivity index (χ0v) is 12.1. The van der Waals surface area contributed by atoms with Gasteiger partial charge in [-0.05, 0) is 43.0 Å². The summed E-state index contributed by atoms with van der Waals surface area (Å²) in [5.74, 6) is -0.301. The van der Waals surface area contributed by atoms with Crippen molar-refractivity contribution in [1.29, 1.82) is 5.26 Å². The largest absolute Gasteiger partial charge is 0.399 e. The number of thiophene rings is 1. The van der Waals surface area contributed by atoms with E-state index < -0.39 is 0 Å². The maximum absolute atomic E-state index is 12.3. The van der Waals surface area contributed by atoms with Gasteiger partial charge in [0.25, 0.3) is 5.91 Å². The van der Waals surface area contributed by atoms with Gasteiger partial charge in [0, 0.05) is 21.8 Å². The first-order valence-electron chi connectivity index (χ1n) is 6.60. The second-order valence-electron chi connectivity index (χ2n) is 5.02. The first kappa shape index (κ1) is 13.5. The average Bonchev–Trinajstić information content (AvgIpc) is 2.97. The molecule has 0 bridgehead atoms. The molecule has 2 aromatic rings. The molecule has 3 rings (SSSR count). The van der Waals surface area contributed by atoms with E-state index in [2.05, 4.69) is 11.4 Å². The molecule has 0 unspecified atom stereocenters. The van der Waals surface area contributed by atoms with Gasteiger partial charge < -0.3 is 16.8 Å². The lowest BCUT2D eigenvalue weighted by Gasteiger charge is -2.06. The van der Waals surface area contributed by atoms with Gasteiger partial charge in [0.05, 0.1) is 5.56 Å². The van der Waals surface area contributed by atoms with E-state index in [1.807, 2.05) is 0 Å². The van der Waals surface area contributed by atoms with Crippen LogP contribution in [0.4, 0.5) is 16.4 Å². The van der Waals surface area contributed by atoms with Crippen LogP contribution < -0.4 is 16.8 Å². The summed E-state index contributed by atoms with van der Waals surface area (Å²) < 4.78 is 0. The number of nitrogens with one attached hydrogen (secondary N) is 1. The van der Waals surface area contributed by atoms with Crippen LogP contribution in [0.25, 0.3) is 0 Å². The second-order valence-corrected chi connectivity index (χ2v) is 6.12. The van der Waals surface area contributed by atoms with Gasteiger partial charge in [-0.15, -0.1) is 11.3 Å². The minimum Gasteiger partial charge on any atom is -0.399 e. The minimum atomic E-state index is -0.301. The van der Waals surface area contributed by atoms with Crippen molar-refractivity contribution in [3.8, 4) is 6.07 Å². The van der Waals surface area contributed by atoms with E-state index in [0.29, 0.717) is 27.5 Å². The zero-order valence-electron chi connectivity index (χ0n) is 11.3. The summed E-state index contributed by atoms with van der Waals surface area (Å²) in [6, 6.07) is 6.93. The highest BCUT2D eigenvalue weighted by atomic mass is 32.1. The Balaban J connectivity index is 1.90. The Morgan fingerprint density at radius 3 is 2.62 bits per heavy atom. The number of aryl methyl sites for hydroxylation is 1. The van der Waals surface area contributed by atoms with Gasteiger partial charge in [-0.3, -0.25) is 4.79 Å². The first-order chi connectivity index (χ1) is 10.1. The Bertz CT molecular complexity index is 752. The Kier molecular flexibility index (Phi) is 3.28. The Morgan fingerprint density at radius 2 is 1.95 bits per heavy atom. The normalized spacial score (nSPS) is 12.7. The van der Waals surface area contributed by atoms with Crippen LogP contribution in [0.3, 0.4) is 0 Å². The molecule has 1 heterocycles. The number of nitriles is 1. The number of nitrogens with zero attached hydrogens (tertiary/aromatic N) is 1. The predicted octanol–water partition coefficient (Wildman–Crippen LogP) is 2.53. The van der Waals surface area contributed by atoms with E-state index in [9.17, 15) is 10.1 Å². The van der Waals surface area contributed by atoms with E-state index in [1.54, 1.807) is 18.2 Å². The molecule has 21 heavy (non-hydrogen) atoms. The third-order valence-electron chi connectivity index (χ3n) is 3.50. The highest BCUT2D eigenvalue weighted by Crippen LogP contribution is 2.38. The summed E-state index contributed by atoms with van der Waals surface area (Å²) >= 11 is 1.49. The van der Waals surface area contributed by atoms with Crippen LogP contribution >= 0.6 is 11.3 Å². The minimum absolute atomic E-state index is 0.301. The summed E-state index contributed by atoms with van der Waals surface area (Å²) in [7, 11) is 0. The third kappa shape index (κ3) is 2.43. The molecule has 1 aromatic heterocycles. The Hall–Kier alpha value is -2.52. The van der Waals surface area contributed by atoms with E-state index in [1.165, 1.54) is 16.2 Å². The summed E-state index contributed by atoms with van der Waals surface area (Å²) in [4.78, 5) is 13.5. The molecule has 0 saturated carbocycles. The fourth-order valence-corrected chi connectivity index (χ4v) is 3.83. The molecule has 5 N–H and O–H groups in total.